The molecule has 40 heavy (non-hydrogen) atoms. The number of imide groups is 1. The standard InChI is InChI=1S/C34H28N2O4/c1-40-27-18-10-9-17-25(27)35-32(37)26(19-20-11-3-2-4-12-20)36-33(38)30-28-21-13-5-6-14-22(21)29(31(30)34(36)39)24-16-8-7-15-23(24)28/h2-18,26,28-31H,19H2,1H3,(H,35,37). The topological polar surface area (TPSA) is 75.7 Å². The van der Waals surface area contributed by atoms with Gasteiger partial charge in [0.1, 0.15) is 11.8 Å². The van der Waals surface area contributed by atoms with Gasteiger partial charge in [0, 0.05) is 18.3 Å². The Kier molecular flexibility index (Phi) is 5.77. The van der Waals surface area contributed by atoms with Gasteiger partial charge in [0.15, 0.2) is 0 Å². The first-order valence-electron chi connectivity index (χ1n) is 13.6. The van der Waals surface area contributed by atoms with Crippen molar-refractivity contribution in [3.8, 4) is 5.75 Å². The zero-order chi connectivity index (χ0) is 27.4. The summed E-state index contributed by atoms with van der Waals surface area (Å²) < 4.78 is 5.43. The van der Waals surface area contributed by atoms with Crippen LogP contribution in [0, 0.1) is 11.8 Å². The molecule has 3 aliphatic carbocycles. The van der Waals surface area contributed by atoms with Gasteiger partial charge in [-0.05, 0) is 39.9 Å². The highest BCUT2D eigenvalue weighted by Crippen LogP contribution is 2.61. The average molecular weight is 529 g/mol. The van der Waals surface area contributed by atoms with E-state index in [-0.39, 0.29) is 30.1 Å². The first-order valence-corrected chi connectivity index (χ1v) is 13.6. The molecule has 6 heteroatoms. The molecule has 198 valence electrons. The molecule has 8 rings (SSSR count). The second-order valence-corrected chi connectivity index (χ2v) is 10.7. The molecule has 0 radical (unpaired) electrons. The van der Waals surface area contributed by atoms with Crippen LogP contribution >= 0.6 is 0 Å². The van der Waals surface area contributed by atoms with E-state index in [4.69, 9.17) is 4.74 Å². The summed E-state index contributed by atoms with van der Waals surface area (Å²) in [6, 6.07) is 31.9. The van der Waals surface area contributed by atoms with Crippen molar-refractivity contribution in [2.75, 3.05) is 12.4 Å². The Labute approximate surface area is 232 Å². The van der Waals surface area contributed by atoms with Crippen molar-refractivity contribution in [2.24, 2.45) is 11.8 Å². The third-order valence-electron chi connectivity index (χ3n) is 8.73. The molecule has 2 bridgehead atoms. The SMILES string of the molecule is COc1ccccc1NC(=O)C(Cc1ccccc1)N1C(=O)C2C3c4ccccc4C(c4ccccc43)C2C1=O. The van der Waals surface area contributed by atoms with E-state index < -0.39 is 23.8 Å². The van der Waals surface area contributed by atoms with E-state index in [1.54, 1.807) is 18.2 Å². The van der Waals surface area contributed by atoms with Crippen molar-refractivity contribution >= 4 is 23.4 Å². The van der Waals surface area contributed by atoms with Crippen LogP contribution < -0.4 is 10.1 Å². The number of benzene rings is 4. The molecular weight excluding hydrogens is 500 g/mol. The maximum atomic E-state index is 14.4. The van der Waals surface area contributed by atoms with Crippen molar-refractivity contribution < 1.29 is 19.1 Å². The van der Waals surface area contributed by atoms with Gasteiger partial charge < -0.3 is 10.1 Å². The molecule has 1 saturated heterocycles. The number of amides is 3. The summed E-state index contributed by atoms with van der Waals surface area (Å²) in [5.74, 6) is -1.99. The fraction of sp³-hybridized carbons (Fsp3) is 0.206. The van der Waals surface area contributed by atoms with Gasteiger partial charge >= 0.3 is 0 Å². The van der Waals surface area contributed by atoms with Crippen LogP contribution in [0.15, 0.2) is 103 Å². The molecule has 3 unspecified atom stereocenters. The van der Waals surface area contributed by atoms with E-state index in [1.165, 1.54) is 12.0 Å². The van der Waals surface area contributed by atoms with Crippen LogP contribution in [0.25, 0.3) is 0 Å². The second kappa shape index (κ2) is 9.49. The molecule has 1 N–H and O–H groups in total. The largest absolute Gasteiger partial charge is 0.495 e. The lowest BCUT2D eigenvalue weighted by Crippen LogP contribution is -2.49. The smallest absolute Gasteiger partial charge is 0.248 e. The van der Waals surface area contributed by atoms with Crippen molar-refractivity contribution in [3.05, 3.63) is 131 Å². The minimum Gasteiger partial charge on any atom is -0.495 e. The molecule has 6 nitrogen and oxygen atoms in total. The summed E-state index contributed by atoms with van der Waals surface area (Å²) in [5, 5.41) is 2.94. The van der Waals surface area contributed by atoms with Crippen LogP contribution in [0.3, 0.4) is 0 Å². The molecule has 4 aliphatic rings. The molecular formula is C34H28N2O4. The van der Waals surface area contributed by atoms with Crippen LogP contribution in [0.1, 0.15) is 39.7 Å². The molecule has 3 amide bonds. The number of para-hydroxylation sites is 2. The van der Waals surface area contributed by atoms with Gasteiger partial charge in [-0.1, -0.05) is 91.0 Å². The van der Waals surface area contributed by atoms with E-state index in [2.05, 4.69) is 29.6 Å². The van der Waals surface area contributed by atoms with Crippen molar-refractivity contribution in [1.82, 2.24) is 4.90 Å². The Bertz CT molecular complexity index is 1530. The molecule has 0 spiro atoms. The maximum Gasteiger partial charge on any atom is 0.248 e. The van der Waals surface area contributed by atoms with Gasteiger partial charge in [-0.25, -0.2) is 0 Å². The van der Waals surface area contributed by atoms with Crippen molar-refractivity contribution in [3.63, 3.8) is 0 Å². The summed E-state index contributed by atoms with van der Waals surface area (Å²) in [6.07, 6.45) is 0.216. The summed E-state index contributed by atoms with van der Waals surface area (Å²) in [7, 11) is 1.54. The van der Waals surface area contributed by atoms with Gasteiger partial charge in [0.05, 0.1) is 24.6 Å². The Hall–Kier alpha value is -4.71. The maximum absolute atomic E-state index is 14.4. The number of nitrogens with zero attached hydrogens (tertiary/aromatic N) is 1. The van der Waals surface area contributed by atoms with E-state index >= 15 is 0 Å². The predicted octanol–water partition coefficient (Wildman–Crippen LogP) is 5.14. The van der Waals surface area contributed by atoms with E-state index in [1.807, 2.05) is 60.7 Å². The summed E-state index contributed by atoms with van der Waals surface area (Å²) >= 11 is 0. The lowest BCUT2D eigenvalue weighted by Gasteiger charge is -2.45. The second-order valence-electron chi connectivity index (χ2n) is 10.7. The number of hydrogen-bond donors (Lipinski definition) is 1. The molecule has 4 aromatic rings. The number of hydrogen-bond acceptors (Lipinski definition) is 4. The molecule has 1 heterocycles. The number of carbonyl (C=O) groups is 3. The fourth-order valence-corrected chi connectivity index (χ4v) is 7.11. The number of nitrogens with one attached hydrogen (secondary N) is 1. The van der Waals surface area contributed by atoms with E-state index in [9.17, 15) is 14.4 Å². The minimum atomic E-state index is -1.01. The number of anilines is 1. The molecule has 1 fully saturated rings. The molecule has 4 aromatic carbocycles. The number of methoxy groups -OCH3 is 1. The third kappa shape index (κ3) is 3.59. The van der Waals surface area contributed by atoms with Gasteiger partial charge in [0.2, 0.25) is 17.7 Å². The number of carbonyl (C=O) groups excluding carboxylic acids is 3. The fourth-order valence-electron chi connectivity index (χ4n) is 7.11. The monoisotopic (exact) mass is 528 g/mol. The number of likely N-dealkylation sites (tertiary alicyclic amines) is 1. The Morgan fingerprint density at radius 2 is 1.20 bits per heavy atom. The molecule has 0 aromatic heterocycles. The first kappa shape index (κ1) is 24.3. The highest BCUT2D eigenvalue weighted by atomic mass is 16.5. The van der Waals surface area contributed by atoms with Crippen LogP contribution in [-0.2, 0) is 20.8 Å². The Morgan fingerprint density at radius 1 is 0.725 bits per heavy atom. The Balaban J connectivity index is 1.31. The van der Waals surface area contributed by atoms with Crippen molar-refractivity contribution in [1.29, 1.82) is 0 Å². The molecule has 1 aliphatic heterocycles. The van der Waals surface area contributed by atoms with Crippen LogP contribution in [0.4, 0.5) is 5.69 Å². The quantitative estimate of drug-likeness (QED) is 0.352. The molecule has 3 atom stereocenters. The summed E-state index contributed by atoms with van der Waals surface area (Å²) in [6.45, 7) is 0. The summed E-state index contributed by atoms with van der Waals surface area (Å²) in [4.78, 5) is 44.0. The summed E-state index contributed by atoms with van der Waals surface area (Å²) in [5.41, 5.74) is 5.78. The predicted molar refractivity (Wildman–Crippen MR) is 151 cm³/mol. The zero-order valence-corrected chi connectivity index (χ0v) is 22.0. The normalized spacial score (nSPS) is 22.8. The van der Waals surface area contributed by atoms with Gasteiger partial charge in [-0.15, -0.1) is 0 Å². The average Bonchev–Trinajstić information content (AvgIpc) is 3.26. The lowest BCUT2D eigenvalue weighted by molar-refractivity contribution is -0.146. The highest BCUT2D eigenvalue weighted by Gasteiger charge is 2.63. The van der Waals surface area contributed by atoms with E-state index in [0.717, 1.165) is 27.8 Å². The lowest BCUT2D eigenvalue weighted by atomic mass is 9.55. The van der Waals surface area contributed by atoms with Crippen LogP contribution in [-0.4, -0.2) is 35.8 Å². The number of rotatable bonds is 6. The zero-order valence-electron chi connectivity index (χ0n) is 22.0. The highest BCUT2D eigenvalue weighted by molar-refractivity contribution is 6.12. The van der Waals surface area contributed by atoms with Crippen LogP contribution in [0.2, 0.25) is 0 Å². The first-order chi connectivity index (χ1) is 19.6. The van der Waals surface area contributed by atoms with Gasteiger partial charge in [-0.3, -0.25) is 19.3 Å². The van der Waals surface area contributed by atoms with Crippen LogP contribution in [0.5, 0.6) is 5.75 Å². The van der Waals surface area contributed by atoms with Crippen molar-refractivity contribution in [2.45, 2.75) is 24.3 Å². The van der Waals surface area contributed by atoms with Gasteiger partial charge in [0.25, 0.3) is 0 Å². The van der Waals surface area contributed by atoms with Gasteiger partial charge in [-0.2, -0.15) is 0 Å². The number of ether oxygens (including phenoxy) is 1. The Morgan fingerprint density at radius 3 is 1.73 bits per heavy atom. The molecule has 0 saturated carbocycles. The minimum absolute atomic E-state index is 0.216. The third-order valence-corrected chi connectivity index (χ3v) is 8.73. The van der Waals surface area contributed by atoms with E-state index in [0.29, 0.717) is 11.4 Å².